The zero-order valence-electron chi connectivity index (χ0n) is 12.3. The smallest absolute Gasteiger partial charge is 0.328 e. The van der Waals surface area contributed by atoms with Gasteiger partial charge in [0.25, 0.3) is 5.91 Å². The summed E-state index contributed by atoms with van der Waals surface area (Å²) in [6.45, 7) is 5.93. The molecule has 1 unspecified atom stereocenters. The number of carboxylic acid groups (broad SMARTS) is 1. The molecule has 2 rings (SSSR count). The van der Waals surface area contributed by atoms with Crippen LogP contribution in [0.3, 0.4) is 0 Å². The Kier molecular flexibility index (Phi) is 4.73. The zero-order valence-corrected chi connectivity index (χ0v) is 12.3. The van der Waals surface area contributed by atoms with Crippen LogP contribution in [0.4, 0.5) is 0 Å². The monoisotopic (exact) mass is 288 g/mol. The van der Waals surface area contributed by atoms with Gasteiger partial charge in [-0.1, -0.05) is 19.9 Å². The molecule has 1 saturated heterocycles. The van der Waals surface area contributed by atoms with Crippen molar-refractivity contribution in [1.29, 1.82) is 0 Å². The van der Waals surface area contributed by atoms with Crippen LogP contribution in [0.5, 0.6) is 0 Å². The average Bonchev–Trinajstić information content (AvgIpc) is 2.95. The van der Waals surface area contributed by atoms with Gasteiger partial charge in [0.05, 0.1) is 0 Å². The molecule has 5 heteroatoms. The van der Waals surface area contributed by atoms with Crippen molar-refractivity contribution in [2.45, 2.75) is 20.3 Å². The molecule has 0 bridgehead atoms. The van der Waals surface area contributed by atoms with E-state index in [1.807, 2.05) is 4.90 Å². The van der Waals surface area contributed by atoms with E-state index in [0.29, 0.717) is 23.1 Å². The van der Waals surface area contributed by atoms with Gasteiger partial charge < -0.3 is 10.0 Å². The molecule has 112 valence electrons. The molecule has 2 heterocycles. The lowest BCUT2D eigenvalue weighted by atomic mass is 9.95. The molecule has 0 spiro atoms. The molecule has 1 aromatic rings. The van der Waals surface area contributed by atoms with Crippen molar-refractivity contribution < 1.29 is 14.7 Å². The lowest BCUT2D eigenvalue weighted by Gasteiger charge is -2.17. The first-order chi connectivity index (χ1) is 9.97. The Morgan fingerprint density at radius 2 is 2.19 bits per heavy atom. The van der Waals surface area contributed by atoms with E-state index in [9.17, 15) is 9.59 Å². The molecule has 0 aromatic carbocycles. The lowest BCUT2D eigenvalue weighted by Crippen LogP contribution is -2.30. The van der Waals surface area contributed by atoms with Crippen LogP contribution in [0.1, 0.15) is 36.3 Å². The summed E-state index contributed by atoms with van der Waals surface area (Å²) in [4.78, 5) is 28.8. The first-order valence-corrected chi connectivity index (χ1v) is 7.13. The molecule has 1 aromatic heterocycles. The maximum Gasteiger partial charge on any atom is 0.328 e. The van der Waals surface area contributed by atoms with E-state index in [2.05, 4.69) is 18.8 Å². The van der Waals surface area contributed by atoms with Crippen LogP contribution in [0.25, 0.3) is 6.08 Å². The number of carboxylic acids is 1. The van der Waals surface area contributed by atoms with E-state index in [-0.39, 0.29) is 5.91 Å². The van der Waals surface area contributed by atoms with Gasteiger partial charge >= 0.3 is 5.97 Å². The second-order valence-electron chi connectivity index (χ2n) is 5.69. The summed E-state index contributed by atoms with van der Waals surface area (Å²) < 4.78 is 0. The number of hydrogen-bond donors (Lipinski definition) is 1. The molecule has 1 fully saturated rings. The molecule has 5 nitrogen and oxygen atoms in total. The van der Waals surface area contributed by atoms with E-state index in [1.54, 1.807) is 12.1 Å². The van der Waals surface area contributed by atoms with Crippen molar-refractivity contribution in [3.8, 4) is 0 Å². The predicted octanol–water partition coefficient (Wildman–Crippen LogP) is 2.30. The van der Waals surface area contributed by atoms with E-state index in [0.717, 1.165) is 25.6 Å². The summed E-state index contributed by atoms with van der Waals surface area (Å²) >= 11 is 0. The number of carbonyl (C=O) groups is 2. The lowest BCUT2D eigenvalue weighted by molar-refractivity contribution is -0.131. The summed E-state index contributed by atoms with van der Waals surface area (Å²) in [5.41, 5.74) is 1.07. The van der Waals surface area contributed by atoms with Gasteiger partial charge in [-0.3, -0.25) is 9.78 Å². The van der Waals surface area contributed by atoms with Crippen LogP contribution in [-0.2, 0) is 4.79 Å². The van der Waals surface area contributed by atoms with Crippen molar-refractivity contribution in [2.24, 2.45) is 11.8 Å². The fourth-order valence-electron chi connectivity index (χ4n) is 2.48. The number of nitrogens with zero attached hydrogens (tertiary/aromatic N) is 2. The Bertz CT molecular complexity index is 549. The number of pyridine rings is 1. The highest BCUT2D eigenvalue weighted by Crippen LogP contribution is 2.24. The van der Waals surface area contributed by atoms with Gasteiger partial charge in [-0.15, -0.1) is 0 Å². The Morgan fingerprint density at radius 3 is 2.71 bits per heavy atom. The molecule has 1 amide bonds. The van der Waals surface area contributed by atoms with E-state index >= 15 is 0 Å². The molecule has 1 aliphatic rings. The van der Waals surface area contributed by atoms with Crippen LogP contribution in [0, 0.1) is 11.8 Å². The number of rotatable bonds is 4. The summed E-state index contributed by atoms with van der Waals surface area (Å²) in [6, 6.07) is 3.35. The highest BCUT2D eigenvalue weighted by molar-refractivity contribution is 5.92. The first-order valence-electron chi connectivity index (χ1n) is 7.13. The molecule has 0 saturated carbocycles. The minimum Gasteiger partial charge on any atom is -0.478 e. The quantitative estimate of drug-likeness (QED) is 0.863. The Labute approximate surface area is 124 Å². The Hall–Kier alpha value is -2.17. The summed E-state index contributed by atoms with van der Waals surface area (Å²) in [7, 11) is 0. The highest BCUT2D eigenvalue weighted by atomic mass is 16.4. The van der Waals surface area contributed by atoms with Crippen LogP contribution < -0.4 is 0 Å². The van der Waals surface area contributed by atoms with Gasteiger partial charge in [-0.05, 0) is 36.0 Å². The zero-order chi connectivity index (χ0) is 15.4. The van der Waals surface area contributed by atoms with Gasteiger partial charge in [-0.2, -0.15) is 0 Å². The molecule has 0 aliphatic carbocycles. The maximum atomic E-state index is 12.3. The molecular formula is C16H20N2O3. The third-order valence-corrected chi connectivity index (χ3v) is 3.88. The van der Waals surface area contributed by atoms with E-state index < -0.39 is 5.97 Å². The highest BCUT2D eigenvalue weighted by Gasteiger charge is 2.29. The maximum absolute atomic E-state index is 12.3. The van der Waals surface area contributed by atoms with Crippen molar-refractivity contribution in [3.05, 3.63) is 35.7 Å². The second-order valence-corrected chi connectivity index (χ2v) is 5.69. The standard InChI is InChI=1S/C16H20N2O3/c1-11(2)13-7-8-18(10-13)16(21)14-5-3-12(9-17-14)4-6-15(19)20/h3-6,9,11,13H,7-8,10H2,1-2H3,(H,19,20)/b6-4+. The normalized spacial score (nSPS) is 18.6. The van der Waals surface area contributed by atoms with Crippen molar-refractivity contribution in [2.75, 3.05) is 13.1 Å². The molecule has 1 atom stereocenters. The fourth-order valence-corrected chi connectivity index (χ4v) is 2.48. The third-order valence-electron chi connectivity index (χ3n) is 3.88. The van der Waals surface area contributed by atoms with E-state index in [1.165, 1.54) is 12.3 Å². The molecule has 21 heavy (non-hydrogen) atoms. The molecular weight excluding hydrogens is 268 g/mol. The Balaban J connectivity index is 2.02. The first kappa shape index (κ1) is 15.2. The largest absolute Gasteiger partial charge is 0.478 e. The van der Waals surface area contributed by atoms with Crippen molar-refractivity contribution in [3.63, 3.8) is 0 Å². The number of hydrogen-bond acceptors (Lipinski definition) is 3. The van der Waals surface area contributed by atoms with Gasteiger partial charge in [0, 0.05) is 25.4 Å². The average molecular weight is 288 g/mol. The number of amides is 1. The summed E-state index contributed by atoms with van der Waals surface area (Å²) in [5, 5.41) is 8.56. The van der Waals surface area contributed by atoms with Gasteiger partial charge in [0.2, 0.25) is 0 Å². The Morgan fingerprint density at radius 1 is 1.43 bits per heavy atom. The minimum absolute atomic E-state index is 0.0492. The van der Waals surface area contributed by atoms with Gasteiger partial charge in [-0.25, -0.2) is 4.79 Å². The van der Waals surface area contributed by atoms with Crippen LogP contribution in [0.2, 0.25) is 0 Å². The summed E-state index contributed by atoms with van der Waals surface area (Å²) in [6.07, 6.45) is 5.06. The van der Waals surface area contributed by atoms with Crippen LogP contribution in [-0.4, -0.2) is 40.0 Å². The molecule has 1 N–H and O–H groups in total. The second kappa shape index (κ2) is 6.52. The van der Waals surface area contributed by atoms with Crippen molar-refractivity contribution in [1.82, 2.24) is 9.88 Å². The van der Waals surface area contributed by atoms with Gasteiger partial charge in [0.15, 0.2) is 0 Å². The fraction of sp³-hybridized carbons (Fsp3) is 0.438. The molecule has 0 radical (unpaired) electrons. The number of aromatic nitrogens is 1. The third kappa shape index (κ3) is 3.90. The van der Waals surface area contributed by atoms with Crippen molar-refractivity contribution >= 4 is 18.0 Å². The SMILES string of the molecule is CC(C)C1CCN(C(=O)c2ccc(/C=C/C(=O)O)cn2)C1. The number of aliphatic carboxylic acids is 1. The minimum atomic E-state index is -1.01. The topological polar surface area (TPSA) is 70.5 Å². The van der Waals surface area contributed by atoms with Gasteiger partial charge in [0.1, 0.15) is 5.69 Å². The number of likely N-dealkylation sites (tertiary alicyclic amines) is 1. The molecule has 1 aliphatic heterocycles. The predicted molar refractivity (Wildman–Crippen MR) is 79.8 cm³/mol. The summed E-state index contributed by atoms with van der Waals surface area (Å²) in [5.74, 6) is 0.0878. The van der Waals surface area contributed by atoms with E-state index in [4.69, 9.17) is 5.11 Å². The van der Waals surface area contributed by atoms with Crippen LogP contribution >= 0.6 is 0 Å². The van der Waals surface area contributed by atoms with Crippen LogP contribution in [0.15, 0.2) is 24.4 Å². The number of carbonyl (C=O) groups excluding carboxylic acids is 1.